The van der Waals surface area contributed by atoms with Crippen molar-refractivity contribution < 1.29 is 18.6 Å². The summed E-state index contributed by atoms with van der Waals surface area (Å²) >= 11 is 0. The fourth-order valence-electron chi connectivity index (χ4n) is 1.29. The van der Waals surface area contributed by atoms with Crippen LogP contribution < -0.4 is 4.74 Å². The molecule has 1 aromatic rings. The van der Waals surface area contributed by atoms with Gasteiger partial charge in [0.1, 0.15) is 12.4 Å². The summed E-state index contributed by atoms with van der Waals surface area (Å²) in [5.74, 6) is 0.116. The Hall–Kier alpha value is -1.16. The van der Waals surface area contributed by atoms with Gasteiger partial charge in [-0.15, -0.1) is 0 Å². The van der Waals surface area contributed by atoms with Crippen LogP contribution >= 0.6 is 0 Å². The lowest BCUT2D eigenvalue weighted by molar-refractivity contribution is -0.0504. The molecule has 1 N–H and O–H groups in total. The standard InChI is InChI=1S/C10H11F2O2/c1-2-8-7(6-13)4-3-5-9(8)14-10(11)12/h3-6,10,13H,2H2,1H3. The van der Waals surface area contributed by atoms with Gasteiger partial charge in [0.05, 0.1) is 0 Å². The fraction of sp³-hybridized carbons (Fsp3) is 0.300. The Morgan fingerprint density at radius 1 is 1.50 bits per heavy atom. The monoisotopic (exact) mass is 201 g/mol. The van der Waals surface area contributed by atoms with Crippen molar-refractivity contribution in [1.29, 1.82) is 0 Å². The summed E-state index contributed by atoms with van der Waals surface area (Å²) in [7, 11) is 0. The van der Waals surface area contributed by atoms with Crippen LogP contribution in [0.2, 0.25) is 0 Å². The van der Waals surface area contributed by atoms with Gasteiger partial charge in [-0.3, -0.25) is 0 Å². The van der Waals surface area contributed by atoms with Crippen LogP contribution in [0.25, 0.3) is 0 Å². The highest BCUT2D eigenvalue weighted by Crippen LogP contribution is 2.25. The topological polar surface area (TPSA) is 29.5 Å². The van der Waals surface area contributed by atoms with E-state index in [1.807, 2.05) is 0 Å². The van der Waals surface area contributed by atoms with Gasteiger partial charge in [-0.1, -0.05) is 19.1 Å². The fourth-order valence-corrected chi connectivity index (χ4v) is 1.29. The van der Waals surface area contributed by atoms with E-state index in [2.05, 4.69) is 4.74 Å². The molecule has 1 rings (SSSR count). The number of hydrogen-bond acceptors (Lipinski definition) is 2. The third-order valence-corrected chi connectivity index (χ3v) is 1.88. The molecule has 0 aliphatic carbocycles. The van der Waals surface area contributed by atoms with Gasteiger partial charge >= 0.3 is 6.61 Å². The maximum absolute atomic E-state index is 12.0. The first-order valence-corrected chi connectivity index (χ1v) is 4.23. The second-order valence-electron chi connectivity index (χ2n) is 2.69. The quantitative estimate of drug-likeness (QED) is 0.811. The molecule has 0 aromatic heterocycles. The lowest BCUT2D eigenvalue weighted by atomic mass is 10.0. The highest BCUT2D eigenvalue weighted by molar-refractivity contribution is 5.42. The van der Waals surface area contributed by atoms with Crippen molar-refractivity contribution in [2.75, 3.05) is 0 Å². The number of aliphatic hydroxyl groups is 1. The van der Waals surface area contributed by atoms with E-state index in [4.69, 9.17) is 5.11 Å². The average molecular weight is 201 g/mol. The Kier molecular flexibility index (Phi) is 3.83. The van der Waals surface area contributed by atoms with Gasteiger partial charge in [0, 0.05) is 0 Å². The van der Waals surface area contributed by atoms with E-state index in [1.54, 1.807) is 19.1 Å². The minimum Gasteiger partial charge on any atom is -0.435 e. The van der Waals surface area contributed by atoms with Crippen LogP contribution in [0.4, 0.5) is 8.78 Å². The molecule has 77 valence electrons. The van der Waals surface area contributed by atoms with Crippen LogP contribution in [0.5, 0.6) is 5.75 Å². The smallest absolute Gasteiger partial charge is 0.387 e. The molecule has 0 bridgehead atoms. The van der Waals surface area contributed by atoms with Crippen molar-refractivity contribution in [1.82, 2.24) is 0 Å². The zero-order chi connectivity index (χ0) is 10.6. The van der Waals surface area contributed by atoms with Crippen LogP contribution in [0.15, 0.2) is 18.2 Å². The van der Waals surface area contributed by atoms with Crippen LogP contribution in [0, 0.1) is 6.61 Å². The van der Waals surface area contributed by atoms with Crippen molar-refractivity contribution >= 4 is 0 Å². The number of hydrogen-bond donors (Lipinski definition) is 1. The summed E-state index contributed by atoms with van der Waals surface area (Å²) in [5, 5.41) is 8.84. The highest BCUT2D eigenvalue weighted by Gasteiger charge is 2.11. The summed E-state index contributed by atoms with van der Waals surface area (Å²) in [4.78, 5) is 0. The van der Waals surface area contributed by atoms with E-state index in [1.165, 1.54) is 6.07 Å². The molecule has 0 unspecified atom stereocenters. The van der Waals surface area contributed by atoms with Crippen LogP contribution in [0.3, 0.4) is 0 Å². The van der Waals surface area contributed by atoms with Gasteiger partial charge in [-0.25, -0.2) is 0 Å². The molecule has 4 heteroatoms. The second kappa shape index (κ2) is 4.91. The first kappa shape index (κ1) is 10.9. The van der Waals surface area contributed by atoms with Crippen molar-refractivity contribution in [2.45, 2.75) is 20.0 Å². The van der Waals surface area contributed by atoms with Crippen LogP contribution in [-0.4, -0.2) is 11.7 Å². The summed E-state index contributed by atoms with van der Waals surface area (Å²) in [6, 6.07) is 4.65. The van der Waals surface area contributed by atoms with Gasteiger partial charge < -0.3 is 9.84 Å². The molecule has 0 aliphatic heterocycles. The van der Waals surface area contributed by atoms with E-state index < -0.39 is 6.61 Å². The van der Waals surface area contributed by atoms with Crippen LogP contribution in [-0.2, 0) is 6.42 Å². The number of aliphatic hydroxyl groups excluding tert-OH is 1. The minimum absolute atomic E-state index is 0.116. The zero-order valence-corrected chi connectivity index (χ0v) is 7.71. The predicted octanol–water partition coefficient (Wildman–Crippen LogP) is 2.73. The summed E-state index contributed by atoms with van der Waals surface area (Å²) in [6.45, 7) is -0.146. The van der Waals surface area contributed by atoms with Crippen molar-refractivity contribution in [3.63, 3.8) is 0 Å². The molecule has 2 nitrogen and oxygen atoms in total. The average Bonchev–Trinajstić information content (AvgIpc) is 2.16. The molecule has 0 amide bonds. The molecule has 14 heavy (non-hydrogen) atoms. The SMILES string of the molecule is CCc1c([CH]O)cccc1OC(F)F. The van der Waals surface area contributed by atoms with Crippen molar-refractivity contribution in [3.8, 4) is 5.75 Å². The Morgan fingerprint density at radius 3 is 2.71 bits per heavy atom. The van der Waals surface area contributed by atoms with E-state index in [0.717, 1.165) is 6.61 Å². The minimum atomic E-state index is -2.84. The molecule has 0 saturated carbocycles. The normalized spacial score (nSPS) is 10.6. The van der Waals surface area contributed by atoms with Crippen molar-refractivity contribution in [2.24, 2.45) is 0 Å². The van der Waals surface area contributed by atoms with E-state index in [9.17, 15) is 8.78 Å². The van der Waals surface area contributed by atoms with Gasteiger partial charge in [-0.05, 0) is 23.6 Å². The van der Waals surface area contributed by atoms with Gasteiger partial charge in [-0.2, -0.15) is 8.78 Å². The maximum atomic E-state index is 12.0. The van der Waals surface area contributed by atoms with Gasteiger partial charge in [0.25, 0.3) is 0 Å². The Morgan fingerprint density at radius 2 is 2.21 bits per heavy atom. The molecule has 0 spiro atoms. The number of halogens is 2. The largest absolute Gasteiger partial charge is 0.435 e. The molecule has 0 heterocycles. The predicted molar refractivity (Wildman–Crippen MR) is 47.8 cm³/mol. The number of benzene rings is 1. The lowest BCUT2D eigenvalue weighted by Gasteiger charge is -2.11. The van der Waals surface area contributed by atoms with E-state index in [-0.39, 0.29) is 5.75 Å². The Bertz CT molecular complexity index is 300. The molecule has 0 aliphatic rings. The van der Waals surface area contributed by atoms with E-state index in [0.29, 0.717) is 17.5 Å². The Labute approximate surface area is 81.1 Å². The van der Waals surface area contributed by atoms with Gasteiger partial charge in [0.2, 0.25) is 0 Å². The summed E-state index contributed by atoms with van der Waals surface area (Å²) in [6.07, 6.45) is 0.523. The lowest BCUT2D eigenvalue weighted by Crippen LogP contribution is -2.05. The first-order valence-electron chi connectivity index (χ1n) is 4.23. The third kappa shape index (κ3) is 2.42. The summed E-state index contributed by atoms with van der Waals surface area (Å²) < 4.78 is 28.3. The maximum Gasteiger partial charge on any atom is 0.387 e. The second-order valence-corrected chi connectivity index (χ2v) is 2.69. The molecular formula is C10H11F2O2. The zero-order valence-electron chi connectivity index (χ0n) is 7.71. The molecule has 0 saturated heterocycles. The summed E-state index contributed by atoms with van der Waals surface area (Å²) in [5.41, 5.74) is 1.08. The highest BCUT2D eigenvalue weighted by atomic mass is 19.3. The molecule has 0 fully saturated rings. The first-order chi connectivity index (χ1) is 6.69. The molecular weight excluding hydrogens is 190 g/mol. The Balaban J connectivity index is 3.02. The molecule has 0 atom stereocenters. The van der Waals surface area contributed by atoms with E-state index >= 15 is 0 Å². The molecule has 1 radical (unpaired) electrons. The van der Waals surface area contributed by atoms with Crippen molar-refractivity contribution in [3.05, 3.63) is 35.9 Å². The molecule has 1 aromatic carbocycles. The number of ether oxygens (including phenoxy) is 1. The van der Waals surface area contributed by atoms with Gasteiger partial charge in [0.15, 0.2) is 0 Å². The third-order valence-electron chi connectivity index (χ3n) is 1.88. The number of alkyl halides is 2. The van der Waals surface area contributed by atoms with Crippen LogP contribution in [0.1, 0.15) is 18.1 Å². The number of rotatable bonds is 4.